The smallest absolute Gasteiger partial charge is 0.234 e. The molecule has 1 saturated heterocycles. The molecule has 1 N–H and O–H groups in total. The van der Waals surface area contributed by atoms with Gasteiger partial charge in [0.2, 0.25) is 12.7 Å². The molecule has 1 aromatic carbocycles. The van der Waals surface area contributed by atoms with Crippen molar-refractivity contribution < 1.29 is 19.0 Å². The summed E-state index contributed by atoms with van der Waals surface area (Å²) in [5.41, 5.74) is 0. The summed E-state index contributed by atoms with van der Waals surface area (Å²) in [6.45, 7) is 3.91. The summed E-state index contributed by atoms with van der Waals surface area (Å²) < 4.78 is 16.2. The van der Waals surface area contributed by atoms with E-state index in [0.717, 1.165) is 43.3 Å². The molecule has 0 aliphatic carbocycles. The standard InChI is InChI=1S/C14H18N2O4/c17-14-9-16(6-4-15-14)5-1-7-18-11-2-3-12-13(8-11)20-10-19-12/h2-3,8H,1,4-7,9-10H2,(H,15,17). The third-order valence-electron chi connectivity index (χ3n) is 3.35. The van der Waals surface area contributed by atoms with E-state index in [1.807, 2.05) is 18.2 Å². The fourth-order valence-corrected chi connectivity index (χ4v) is 2.33. The number of piperazine rings is 1. The highest BCUT2D eigenvalue weighted by atomic mass is 16.7. The van der Waals surface area contributed by atoms with Crippen molar-refractivity contribution in [3.63, 3.8) is 0 Å². The van der Waals surface area contributed by atoms with Gasteiger partial charge in [0.25, 0.3) is 0 Å². The first-order valence-corrected chi connectivity index (χ1v) is 6.83. The van der Waals surface area contributed by atoms with Crippen LogP contribution >= 0.6 is 0 Å². The molecule has 108 valence electrons. The number of hydrogen-bond acceptors (Lipinski definition) is 5. The Balaban J connectivity index is 1.40. The summed E-state index contributed by atoms with van der Waals surface area (Å²) in [6.07, 6.45) is 0.891. The van der Waals surface area contributed by atoms with Gasteiger partial charge in [0, 0.05) is 25.7 Å². The van der Waals surface area contributed by atoms with Crippen LogP contribution in [0.5, 0.6) is 17.2 Å². The maximum Gasteiger partial charge on any atom is 0.234 e. The van der Waals surface area contributed by atoms with Gasteiger partial charge in [-0.1, -0.05) is 0 Å². The lowest BCUT2D eigenvalue weighted by Gasteiger charge is -2.26. The summed E-state index contributed by atoms with van der Waals surface area (Å²) in [5, 5.41) is 2.81. The lowest BCUT2D eigenvalue weighted by Crippen LogP contribution is -2.47. The second-order valence-electron chi connectivity index (χ2n) is 4.84. The van der Waals surface area contributed by atoms with Gasteiger partial charge < -0.3 is 19.5 Å². The van der Waals surface area contributed by atoms with Gasteiger partial charge in [-0.25, -0.2) is 0 Å². The molecule has 0 unspecified atom stereocenters. The number of rotatable bonds is 5. The van der Waals surface area contributed by atoms with E-state index in [1.165, 1.54) is 0 Å². The molecule has 6 heteroatoms. The van der Waals surface area contributed by atoms with Crippen molar-refractivity contribution >= 4 is 5.91 Å². The summed E-state index contributed by atoms with van der Waals surface area (Å²) >= 11 is 0. The molecule has 0 spiro atoms. The number of ether oxygens (including phenoxy) is 3. The molecule has 0 radical (unpaired) electrons. The first-order valence-electron chi connectivity index (χ1n) is 6.83. The van der Waals surface area contributed by atoms with Crippen LogP contribution in [0.15, 0.2) is 18.2 Å². The van der Waals surface area contributed by atoms with Gasteiger partial charge in [-0.05, 0) is 18.6 Å². The molecule has 0 aromatic heterocycles. The molecule has 0 saturated carbocycles. The van der Waals surface area contributed by atoms with E-state index in [9.17, 15) is 4.79 Å². The molecular formula is C14H18N2O4. The van der Waals surface area contributed by atoms with E-state index < -0.39 is 0 Å². The van der Waals surface area contributed by atoms with Crippen LogP contribution in [0.4, 0.5) is 0 Å². The molecule has 6 nitrogen and oxygen atoms in total. The largest absolute Gasteiger partial charge is 0.493 e. The quantitative estimate of drug-likeness (QED) is 0.800. The summed E-state index contributed by atoms with van der Waals surface area (Å²) in [6, 6.07) is 5.57. The van der Waals surface area contributed by atoms with Gasteiger partial charge in [0.05, 0.1) is 13.2 Å². The minimum atomic E-state index is 0.105. The average Bonchev–Trinajstić information content (AvgIpc) is 2.91. The molecule has 3 rings (SSSR count). The Labute approximate surface area is 117 Å². The second kappa shape index (κ2) is 6.00. The van der Waals surface area contributed by atoms with Crippen LogP contribution in [-0.4, -0.2) is 50.4 Å². The average molecular weight is 278 g/mol. The minimum Gasteiger partial charge on any atom is -0.493 e. The molecule has 1 fully saturated rings. The van der Waals surface area contributed by atoms with Crippen molar-refractivity contribution in [1.29, 1.82) is 0 Å². The molecule has 2 aliphatic rings. The first kappa shape index (κ1) is 13.1. The molecular weight excluding hydrogens is 260 g/mol. The van der Waals surface area contributed by atoms with Crippen LogP contribution in [-0.2, 0) is 4.79 Å². The third kappa shape index (κ3) is 3.14. The van der Waals surface area contributed by atoms with Gasteiger partial charge in [0.1, 0.15) is 5.75 Å². The fourth-order valence-electron chi connectivity index (χ4n) is 2.33. The molecule has 0 bridgehead atoms. The zero-order valence-electron chi connectivity index (χ0n) is 11.3. The predicted octanol–water partition coefficient (Wildman–Crippen LogP) is 0.616. The maximum atomic E-state index is 11.2. The van der Waals surface area contributed by atoms with Gasteiger partial charge in [-0.15, -0.1) is 0 Å². The molecule has 1 amide bonds. The van der Waals surface area contributed by atoms with Crippen molar-refractivity contribution in [2.75, 3.05) is 39.6 Å². The molecule has 0 atom stereocenters. The van der Waals surface area contributed by atoms with Crippen LogP contribution in [0, 0.1) is 0 Å². The second-order valence-corrected chi connectivity index (χ2v) is 4.84. The summed E-state index contributed by atoms with van der Waals surface area (Å²) in [4.78, 5) is 13.4. The third-order valence-corrected chi connectivity index (χ3v) is 3.35. The maximum absolute atomic E-state index is 11.2. The van der Waals surface area contributed by atoms with E-state index in [1.54, 1.807) is 0 Å². The Kier molecular flexibility index (Phi) is 3.92. The number of carbonyl (C=O) groups excluding carboxylic acids is 1. The van der Waals surface area contributed by atoms with Crippen LogP contribution in [0.1, 0.15) is 6.42 Å². The Bertz CT molecular complexity index is 492. The zero-order chi connectivity index (χ0) is 13.8. The zero-order valence-corrected chi connectivity index (χ0v) is 11.3. The van der Waals surface area contributed by atoms with Crippen LogP contribution in [0.25, 0.3) is 0 Å². The lowest BCUT2D eigenvalue weighted by molar-refractivity contribution is -0.124. The van der Waals surface area contributed by atoms with Crippen molar-refractivity contribution in [3.8, 4) is 17.2 Å². The number of fused-ring (bicyclic) bond motifs is 1. The van der Waals surface area contributed by atoms with E-state index in [4.69, 9.17) is 14.2 Å². The summed E-state index contributed by atoms with van der Waals surface area (Å²) in [5.74, 6) is 2.38. The molecule has 1 aromatic rings. The van der Waals surface area contributed by atoms with Crippen LogP contribution in [0.2, 0.25) is 0 Å². The Hall–Kier alpha value is -1.95. The van der Waals surface area contributed by atoms with Crippen molar-refractivity contribution in [1.82, 2.24) is 10.2 Å². The van der Waals surface area contributed by atoms with Gasteiger partial charge in [0.15, 0.2) is 11.5 Å². The predicted molar refractivity (Wildman–Crippen MR) is 72.1 cm³/mol. The van der Waals surface area contributed by atoms with Gasteiger partial charge >= 0.3 is 0 Å². The van der Waals surface area contributed by atoms with Crippen molar-refractivity contribution in [2.24, 2.45) is 0 Å². The molecule has 20 heavy (non-hydrogen) atoms. The number of nitrogens with zero attached hydrogens (tertiary/aromatic N) is 1. The van der Waals surface area contributed by atoms with Crippen molar-refractivity contribution in [3.05, 3.63) is 18.2 Å². The van der Waals surface area contributed by atoms with Crippen LogP contribution in [0.3, 0.4) is 0 Å². The van der Waals surface area contributed by atoms with E-state index in [-0.39, 0.29) is 12.7 Å². The molecule has 2 heterocycles. The Morgan fingerprint density at radius 3 is 3.10 bits per heavy atom. The van der Waals surface area contributed by atoms with E-state index in [0.29, 0.717) is 13.2 Å². The van der Waals surface area contributed by atoms with Gasteiger partial charge in [-0.2, -0.15) is 0 Å². The molecule has 2 aliphatic heterocycles. The first-order chi connectivity index (χ1) is 9.81. The lowest BCUT2D eigenvalue weighted by atomic mass is 10.3. The minimum absolute atomic E-state index is 0.105. The highest BCUT2D eigenvalue weighted by Gasteiger charge is 2.16. The number of benzene rings is 1. The SMILES string of the molecule is O=C1CN(CCCOc2ccc3c(c2)OCO3)CCN1. The fraction of sp³-hybridized carbons (Fsp3) is 0.500. The summed E-state index contributed by atoms with van der Waals surface area (Å²) in [7, 11) is 0. The van der Waals surface area contributed by atoms with Crippen molar-refractivity contribution in [2.45, 2.75) is 6.42 Å². The van der Waals surface area contributed by atoms with E-state index in [2.05, 4.69) is 10.2 Å². The number of carbonyl (C=O) groups is 1. The van der Waals surface area contributed by atoms with E-state index >= 15 is 0 Å². The topological polar surface area (TPSA) is 60.0 Å². The number of amides is 1. The highest BCUT2D eigenvalue weighted by Crippen LogP contribution is 2.35. The monoisotopic (exact) mass is 278 g/mol. The number of nitrogens with one attached hydrogen (secondary N) is 1. The van der Waals surface area contributed by atoms with Gasteiger partial charge in [-0.3, -0.25) is 9.69 Å². The Morgan fingerprint density at radius 2 is 2.20 bits per heavy atom. The number of hydrogen-bond donors (Lipinski definition) is 1. The highest BCUT2D eigenvalue weighted by molar-refractivity contribution is 5.78. The normalized spacial score (nSPS) is 17.9. The van der Waals surface area contributed by atoms with Crippen LogP contribution < -0.4 is 19.5 Å². The Morgan fingerprint density at radius 1 is 1.30 bits per heavy atom.